The van der Waals surface area contributed by atoms with Crippen molar-refractivity contribution in [2.75, 3.05) is 5.73 Å². The van der Waals surface area contributed by atoms with Gasteiger partial charge in [0.1, 0.15) is 11.6 Å². The van der Waals surface area contributed by atoms with Gasteiger partial charge in [0.2, 0.25) is 0 Å². The van der Waals surface area contributed by atoms with E-state index in [1.807, 2.05) is 24.3 Å². The smallest absolute Gasteiger partial charge is 0.123 e. The normalized spacial score (nSPS) is 11.1. The van der Waals surface area contributed by atoms with E-state index in [0.29, 0.717) is 12.2 Å². The molecule has 0 saturated carbocycles. The molecular formula is C17H18FN3. The van der Waals surface area contributed by atoms with E-state index < -0.39 is 0 Å². The molecule has 1 heterocycles. The van der Waals surface area contributed by atoms with Gasteiger partial charge in [-0.3, -0.25) is 0 Å². The fourth-order valence-corrected chi connectivity index (χ4v) is 2.60. The van der Waals surface area contributed by atoms with Crippen LogP contribution in [0.2, 0.25) is 0 Å². The molecule has 1 aromatic heterocycles. The summed E-state index contributed by atoms with van der Waals surface area (Å²) in [7, 11) is 0. The first-order valence-corrected chi connectivity index (χ1v) is 7.17. The molecule has 0 fully saturated rings. The Kier molecular flexibility index (Phi) is 3.60. The van der Waals surface area contributed by atoms with Gasteiger partial charge in [-0.2, -0.15) is 0 Å². The molecule has 0 unspecified atom stereocenters. The molecule has 2 aromatic carbocycles. The quantitative estimate of drug-likeness (QED) is 0.741. The van der Waals surface area contributed by atoms with Crippen molar-refractivity contribution in [3.05, 3.63) is 59.7 Å². The Morgan fingerprint density at radius 3 is 2.81 bits per heavy atom. The number of imidazole rings is 1. The van der Waals surface area contributed by atoms with Crippen LogP contribution in [-0.4, -0.2) is 9.55 Å². The van der Waals surface area contributed by atoms with E-state index in [1.54, 1.807) is 6.07 Å². The number of fused-ring (bicyclic) bond motifs is 1. The second kappa shape index (κ2) is 5.56. The molecule has 0 amide bonds. The number of nitrogens with zero attached hydrogens (tertiary/aromatic N) is 2. The molecule has 3 nitrogen and oxygen atoms in total. The van der Waals surface area contributed by atoms with Crippen LogP contribution in [0.3, 0.4) is 0 Å². The zero-order chi connectivity index (χ0) is 14.8. The molecule has 21 heavy (non-hydrogen) atoms. The van der Waals surface area contributed by atoms with Crippen molar-refractivity contribution >= 4 is 16.7 Å². The highest BCUT2D eigenvalue weighted by Gasteiger charge is 2.11. The first kappa shape index (κ1) is 13.6. The Labute approximate surface area is 123 Å². The molecule has 3 rings (SSSR count). The maximum absolute atomic E-state index is 13.5. The highest BCUT2D eigenvalue weighted by atomic mass is 19.1. The van der Waals surface area contributed by atoms with Gasteiger partial charge in [-0.25, -0.2) is 9.37 Å². The number of rotatable bonds is 4. The van der Waals surface area contributed by atoms with E-state index in [4.69, 9.17) is 5.73 Å². The third-order valence-corrected chi connectivity index (χ3v) is 3.64. The SMILES string of the molecule is CCCc1nc2ccccc2n1Cc1cc(F)ccc1N. The Morgan fingerprint density at radius 1 is 1.19 bits per heavy atom. The van der Waals surface area contributed by atoms with Crippen molar-refractivity contribution in [2.24, 2.45) is 0 Å². The summed E-state index contributed by atoms with van der Waals surface area (Å²) in [5.41, 5.74) is 9.40. The average Bonchev–Trinajstić information content (AvgIpc) is 2.81. The van der Waals surface area contributed by atoms with Crippen molar-refractivity contribution < 1.29 is 4.39 Å². The number of hydrogen-bond donors (Lipinski definition) is 1. The standard InChI is InChI=1S/C17H18FN3/c1-2-5-17-20-15-6-3-4-7-16(15)21(17)11-12-10-13(18)8-9-14(12)19/h3-4,6-10H,2,5,11,19H2,1H3. The molecule has 0 spiro atoms. The Morgan fingerprint density at radius 2 is 2.00 bits per heavy atom. The zero-order valence-corrected chi connectivity index (χ0v) is 12.0. The lowest BCUT2D eigenvalue weighted by Gasteiger charge is -2.11. The van der Waals surface area contributed by atoms with E-state index in [9.17, 15) is 4.39 Å². The summed E-state index contributed by atoms with van der Waals surface area (Å²) < 4.78 is 15.6. The fourth-order valence-electron chi connectivity index (χ4n) is 2.60. The highest BCUT2D eigenvalue weighted by Crippen LogP contribution is 2.21. The summed E-state index contributed by atoms with van der Waals surface area (Å²) in [4.78, 5) is 4.68. The molecule has 3 aromatic rings. The Balaban J connectivity index is 2.10. The van der Waals surface area contributed by atoms with Crippen LogP contribution in [0, 0.1) is 5.82 Å². The van der Waals surface area contributed by atoms with Crippen LogP contribution < -0.4 is 5.73 Å². The van der Waals surface area contributed by atoms with E-state index in [0.717, 1.165) is 35.3 Å². The summed E-state index contributed by atoms with van der Waals surface area (Å²) in [6.07, 6.45) is 1.91. The van der Waals surface area contributed by atoms with Gasteiger partial charge in [0.15, 0.2) is 0 Å². The van der Waals surface area contributed by atoms with Crippen LogP contribution in [0.5, 0.6) is 0 Å². The molecule has 0 aliphatic heterocycles. The van der Waals surface area contributed by atoms with Crippen molar-refractivity contribution in [3.8, 4) is 0 Å². The molecular weight excluding hydrogens is 265 g/mol. The van der Waals surface area contributed by atoms with Crippen LogP contribution in [0.15, 0.2) is 42.5 Å². The third-order valence-electron chi connectivity index (χ3n) is 3.64. The van der Waals surface area contributed by atoms with Gasteiger partial charge in [-0.1, -0.05) is 19.1 Å². The fraction of sp³-hybridized carbons (Fsp3) is 0.235. The molecule has 0 saturated heterocycles. The summed E-state index contributed by atoms with van der Waals surface area (Å²) >= 11 is 0. The van der Waals surface area contributed by atoms with Crippen LogP contribution in [0.25, 0.3) is 11.0 Å². The number of nitrogen functional groups attached to an aromatic ring is 1. The van der Waals surface area contributed by atoms with Gasteiger partial charge in [0, 0.05) is 12.1 Å². The van der Waals surface area contributed by atoms with Crippen molar-refractivity contribution in [1.29, 1.82) is 0 Å². The van der Waals surface area contributed by atoms with Gasteiger partial charge in [0.25, 0.3) is 0 Å². The minimum atomic E-state index is -0.263. The van der Waals surface area contributed by atoms with Crippen LogP contribution in [0.4, 0.5) is 10.1 Å². The molecule has 0 atom stereocenters. The number of para-hydroxylation sites is 2. The van der Waals surface area contributed by atoms with Gasteiger partial charge in [-0.05, 0) is 42.3 Å². The van der Waals surface area contributed by atoms with Gasteiger partial charge in [-0.15, -0.1) is 0 Å². The second-order valence-electron chi connectivity index (χ2n) is 5.20. The maximum Gasteiger partial charge on any atom is 0.123 e. The largest absolute Gasteiger partial charge is 0.398 e. The Bertz CT molecular complexity index is 777. The molecule has 4 heteroatoms. The number of aryl methyl sites for hydroxylation is 1. The molecule has 0 aliphatic carbocycles. The van der Waals surface area contributed by atoms with E-state index in [1.165, 1.54) is 12.1 Å². The average molecular weight is 283 g/mol. The predicted octanol–water partition coefficient (Wildman–Crippen LogP) is 3.76. The number of benzene rings is 2. The van der Waals surface area contributed by atoms with Crippen molar-refractivity contribution in [3.63, 3.8) is 0 Å². The first-order chi connectivity index (χ1) is 10.2. The van der Waals surface area contributed by atoms with E-state index in [-0.39, 0.29) is 5.82 Å². The topological polar surface area (TPSA) is 43.8 Å². The summed E-state index contributed by atoms with van der Waals surface area (Å²) in [6.45, 7) is 2.67. The molecule has 108 valence electrons. The number of halogens is 1. The predicted molar refractivity (Wildman–Crippen MR) is 83.6 cm³/mol. The third kappa shape index (κ3) is 2.61. The van der Waals surface area contributed by atoms with Gasteiger partial charge < -0.3 is 10.3 Å². The zero-order valence-electron chi connectivity index (χ0n) is 12.0. The lowest BCUT2D eigenvalue weighted by molar-refractivity contribution is 0.623. The minimum absolute atomic E-state index is 0.263. The number of anilines is 1. The molecule has 0 bridgehead atoms. The Hall–Kier alpha value is -2.36. The van der Waals surface area contributed by atoms with Crippen LogP contribution in [-0.2, 0) is 13.0 Å². The minimum Gasteiger partial charge on any atom is -0.398 e. The van der Waals surface area contributed by atoms with Gasteiger partial charge in [0.05, 0.1) is 17.6 Å². The van der Waals surface area contributed by atoms with E-state index >= 15 is 0 Å². The molecule has 0 aliphatic rings. The highest BCUT2D eigenvalue weighted by molar-refractivity contribution is 5.76. The number of nitrogens with two attached hydrogens (primary N) is 1. The van der Waals surface area contributed by atoms with Crippen LogP contribution >= 0.6 is 0 Å². The molecule has 2 N–H and O–H groups in total. The molecule has 0 radical (unpaired) electrons. The summed E-state index contributed by atoms with van der Waals surface area (Å²) in [5, 5.41) is 0. The second-order valence-corrected chi connectivity index (χ2v) is 5.20. The maximum atomic E-state index is 13.5. The van der Waals surface area contributed by atoms with E-state index in [2.05, 4.69) is 16.5 Å². The monoisotopic (exact) mass is 283 g/mol. The summed E-state index contributed by atoms with van der Waals surface area (Å²) in [5.74, 6) is 0.753. The lowest BCUT2D eigenvalue weighted by atomic mass is 10.1. The first-order valence-electron chi connectivity index (χ1n) is 7.17. The van der Waals surface area contributed by atoms with Crippen molar-refractivity contribution in [1.82, 2.24) is 9.55 Å². The van der Waals surface area contributed by atoms with Crippen LogP contribution in [0.1, 0.15) is 24.7 Å². The number of aromatic nitrogens is 2. The van der Waals surface area contributed by atoms with Gasteiger partial charge >= 0.3 is 0 Å². The number of hydrogen-bond acceptors (Lipinski definition) is 2. The lowest BCUT2D eigenvalue weighted by Crippen LogP contribution is -2.07. The van der Waals surface area contributed by atoms with Crippen molar-refractivity contribution in [2.45, 2.75) is 26.3 Å². The summed E-state index contributed by atoms with van der Waals surface area (Å²) in [6, 6.07) is 12.5.